The van der Waals surface area contributed by atoms with Crippen LogP contribution in [-0.2, 0) is 11.2 Å². The van der Waals surface area contributed by atoms with Crippen LogP contribution in [0.3, 0.4) is 0 Å². The first-order valence-electron chi connectivity index (χ1n) is 6.80. The number of methoxy groups -OCH3 is 2. The summed E-state index contributed by atoms with van der Waals surface area (Å²) in [5.41, 5.74) is 1.15. The SMILES string of the molecule is COc1cc(Br)c(CCOCCNC(C)C)cc1OC. The lowest BCUT2D eigenvalue weighted by atomic mass is 10.1. The van der Waals surface area contributed by atoms with Gasteiger partial charge in [-0.05, 0) is 24.1 Å². The van der Waals surface area contributed by atoms with Crippen molar-refractivity contribution in [1.82, 2.24) is 5.32 Å². The molecule has 0 radical (unpaired) electrons. The van der Waals surface area contributed by atoms with Gasteiger partial charge in [0.2, 0.25) is 0 Å². The summed E-state index contributed by atoms with van der Waals surface area (Å²) >= 11 is 3.55. The third-order valence-electron chi connectivity index (χ3n) is 2.87. The molecule has 0 aliphatic rings. The van der Waals surface area contributed by atoms with Gasteiger partial charge in [0.1, 0.15) is 0 Å². The maximum absolute atomic E-state index is 5.62. The molecule has 1 rings (SSSR count). The molecule has 4 nitrogen and oxygen atoms in total. The zero-order valence-corrected chi connectivity index (χ0v) is 14.2. The highest BCUT2D eigenvalue weighted by atomic mass is 79.9. The number of hydrogen-bond acceptors (Lipinski definition) is 4. The van der Waals surface area contributed by atoms with Gasteiger partial charge in [-0.2, -0.15) is 0 Å². The molecule has 0 aliphatic carbocycles. The minimum atomic E-state index is 0.499. The lowest BCUT2D eigenvalue weighted by Gasteiger charge is -2.12. The molecule has 0 aliphatic heterocycles. The van der Waals surface area contributed by atoms with Gasteiger partial charge in [0.05, 0.1) is 27.4 Å². The Labute approximate surface area is 129 Å². The summed E-state index contributed by atoms with van der Waals surface area (Å²) in [6.45, 7) is 6.54. The van der Waals surface area contributed by atoms with E-state index < -0.39 is 0 Å². The van der Waals surface area contributed by atoms with E-state index in [4.69, 9.17) is 14.2 Å². The zero-order valence-electron chi connectivity index (χ0n) is 12.7. The van der Waals surface area contributed by atoms with Crippen molar-refractivity contribution < 1.29 is 14.2 Å². The Morgan fingerprint density at radius 1 is 1.10 bits per heavy atom. The maximum Gasteiger partial charge on any atom is 0.161 e. The highest BCUT2D eigenvalue weighted by molar-refractivity contribution is 9.10. The number of halogens is 1. The quantitative estimate of drug-likeness (QED) is 0.698. The molecular formula is C15H24BrNO3. The van der Waals surface area contributed by atoms with E-state index in [0.29, 0.717) is 12.6 Å². The van der Waals surface area contributed by atoms with E-state index >= 15 is 0 Å². The van der Waals surface area contributed by atoms with Gasteiger partial charge in [0, 0.05) is 17.1 Å². The first-order valence-corrected chi connectivity index (χ1v) is 7.59. The van der Waals surface area contributed by atoms with E-state index in [9.17, 15) is 0 Å². The highest BCUT2D eigenvalue weighted by Gasteiger charge is 2.09. The zero-order chi connectivity index (χ0) is 15.0. The Hall–Kier alpha value is -0.780. The minimum absolute atomic E-state index is 0.499. The maximum atomic E-state index is 5.62. The second-order valence-electron chi connectivity index (χ2n) is 4.77. The average Bonchev–Trinajstić information content (AvgIpc) is 2.43. The van der Waals surface area contributed by atoms with E-state index in [-0.39, 0.29) is 0 Å². The molecule has 0 saturated heterocycles. The van der Waals surface area contributed by atoms with Crippen molar-refractivity contribution in [3.05, 3.63) is 22.2 Å². The summed E-state index contributed by atoms with van der Waals surface area (Å²) in [5, 5.41) is 3.32. The second-order valence-corrected chi connectivity index (χ2v) is 5.62. The van der Waals surface area contributed by atoms with Crippen LogP contribution < -0.4 is 14.8 Å². The molecule has 0 aromatic heterocycles. The number of rotatable bonds is 9. The molecular weight excluding hydrogens is 322 g/mol. The second kappa shape index (κ2) is 9.21. The molecule has 0 bridgehead atoms. The normalized spacial score (nSPS) is 10.9. The Balaban J connectivity index is 2.43. The lowest BCUT2D eigenvalue weighted by Crippen LogP contribution is -2.26. The number of hydrogen-bond donors (Lipinski definition) is 1. The third kappa shape index (κ3) is 5.69. The van der Waals surface area contributed by atoms with Crippen LogP contribution in [0.25, 0.3) is 0 Å². The molecule has 114 valence electrons. The van der Waals surface area contributed by atoms with Gasteiger partial charge in [-0.15, -0.1) is 0 Å². The Morgan fingerprint density at radius 3 is 2.35 bits per heavy atom. The van der Waals surface area contributed by atoms with Crippen LogP contribution in [0.5, 0.6) is 11.5 Å². The van der Waals surface area contributed by atoms with Gasteiger partial charge < -0.3 is 19.5 Å². The summed E-state index contributed by atoms with van der Waals surface area (Å²) in [5.74, 6) is 1.47. The molecule has 0 unspecified atom stereocenters. The number of benzene rings is 1. The van der Waals surface area contributed by atoms with Crippen molar-refractivity contribution in [3.63, 3.8) is 0 Å². The van der Waals surface area contributed by atoms with Crippen LogP contribution in [0.1, 0.15) is 19.4 Å². The minimum Gasteiger partial charge on any atom is -0.493 e. The van der Waals surface area contributed by atoms with Crippen molar-refractivity contribution in [2.75, 3.05) is 34.0 Å². The third-order valence-corrected chi connectivity index (χ3v) is 3.61. The molecule has 0 amide bonds. The van der Waals surface area contributed by atoms with Crippen molar-refractivity contribution in [3.8, 4) is 11.5 Å². The van der Waals surface area contributed by atoms with Crippen molar-refractivity contribution in [2.24, 2.45) is 0 Å². The fourth-order valence-corrected chi connectivity index (χ4v) is 2.31. The molecule has 1 N–H and O–H groups in total. The molecule has 0 heterocycles. The molecule has 1 aromatic carbocycles. The molecule has 5 heteroatoms. The Morgan fingerprint density at radius 2 is 1.75 bits per heavy atom. The van der Waals surface area contributed by atoms with Crippen LogP contribution in [0.2, 0.25) is 0 Å². The van der Waals surface area contributed by atoms with Crippen molar-refractivity contribution in [2.45, 2.75) is 26.3 Å². The van der Waals surface area contributed by atoms with E-state index in [1.807, 2.05) is 12.1 Å². The summed E-state index contributed by atoms with van der Waals surface area (Å²) in [6, 6.07) is 4.41. The molecule has 20 heavy (non-hydrogen) atoms. The van der Waals surface area contributed by atoms with E-state index in [2.05, 4.69) is 35.1 Å². The van der Waals surface area contributed by atoms with Gasteiger partial charge in [-0.1, -0.05) is 29.8 Å². The summed E-state index contributed by atoms with van der Waals surface area (Å²) in [4.78, 5) is 0. The number of ether oxygens (including phenoxy) is 3. The lowest BCUT2D eigenvalue weighted by molar-refractivity contribution is 0.137. The topological polar surface area (TPSA) is 39.7 Å². The van der Waals surface area contributed by atoms with Crippen LogP contribution in [0.4, 0.5) is 0 Å². The van der Waals surface area contributed by atoms with Crippen LogP contribution in [-0.4, -0.2) is 40.0 Å². The highest BCUT2D eigenvalue weighted by Crippen LogP contribution is 2.33. The Kier molecular flexibility index (Phi) is 7.95. The van der Waals surface area contributed by atoms with Gasteiger partial charge in [-0.3, -0.25) is 0 Å². The molecule has 0 saturated carbocycles. The monoisotopic (exact) mass is 345 g/mol. The van der Waals surface area contributed by atoms with Crippen molar-refractivity contribution in [1.29, 1.82) is 0 Å². The predicted octanol–water partition coefficient (Wildman–Crippen LogP) is 3.02. The van der Waals surface area contributed by atoms with E-state index in [1.54, 1.807) is 14.2 Å². The summed E-state index contributed by atoms with van der Waals surface area (Å²) in [6.07, 6.45) is 0.836. The van der Waals surface area contributed by atoms with Crippen LogP contribution in [0.15, 0.2) is 16.6 Å². The smallest absolute Gasteiger partial charge is 0.161 e. The summed E-state index contributed by atoms with van der Waals surface area (Å²) < 4.78 is 17.2. The molecule has 1 aromatic rings. The molecule has 0 atom stereocenters. The van der Waals surface area contributed by atoms with Crippen molar-refractivity contribution >= 4 is 15.9 Å². The van der Waals surface area contributed by atoms with Crippen LogP contribution in [0, 0.1) is 0 Å². The van der Waals surface area contributed by atoms with Gasteiger partial charge >= 0.3 is 0 Å². The fourth-order valence-electron chi connectivity index (χ4n) is 1.79. The fraction of sp³-hybridized carbons (Fsp3) is 0.600. The van der Waals surface area contributed by atoms with Gasteiger partial charge in [-0.25, -0.2) is 0 Å². The van der Waals surface area contributed by atoms with E-state index in [1.165, 1.54) is 0 Å². The van der Waals surface area contributed by atoms with E-state index in [0.717, 1.165) is 41.1 Å². The van der Waals surface area contributed by atoms with Gasteiger partial charge in [0.15, 0.2) is 11.5 Å². The molecule has 0 spiro atoms. The summed E-state index contributed by atoms with van der Waals surface area (Å²) in [7, 11) is 3.28. The average molecular weight is 346 g/mol. The number of nitrogens with one attached hydrogen (secondary N) is 1. The predicted molar refractivity (Wildman–Crippen MR) is 84.9 cm³/mol. The van der Waals surface area contributed by atoms with Crippen LogP contribution >= 0.6 is 15.9 Å². The largest absolute Gasteiger partial charge is 0.493 e. The standard InChI is InChI=1S/C15H24BrNO3/c1-11(2)17-6-8-20-7-5-12-9-14(18-3)15(19-4)10-13(12)16/h9-11,17H,5-8H2,1-4H3. The molecule has 0 fully saturated rings. The van der Waals surface area contributed by atoms with Gasteiger partial charge in [0.25, 0.3) is 0 Å². The first kappa shape index (κ1) is 17.3. The Bertz CT molecular complexity index is 410. The first-order chi connectivity index (χ1) is 9.58.